The van der Waals surface area contributed by atoms with Crippen molar-refractivity contribution < 1.29 is 4.79 Å². The molecule has 0 saturated heterocycles. The van der Waals surface area contributed by atoms with Gasteiger partial charge in [0.1, 0.15) is 5.82 Å². The zero-order chi connectivity index (χ0) is 13.8. The number of thioether (sulfide) groups is 1. The molecule has 20 heavy (non-hydrogen) atoms. The van der Waals surface area contributed by atoms with Crippen LogP contribution in [0.15, 0.2) is 17.6 Å². The largest absolute Gasteiger partial charge is 0.355 e. The van der Waals surface area contributed by atoms with Gasteiger partial charge in [-0.05, 0) is 23.3 Å². The van der Waals surface area contributed by atoms with Crippen LogP contribution in [0.4, 0.5) is 0 Å². The van der Waals surface area contributed by atoms with Crippen molar-refractivity contribution in [3.05, 3.63) is 18.2 Å². The number of nitrogens with one attached hydrogen (secondary N) is 2. The van der Waals surface area contributed by atoms with Crippen LogP contribution in [0.5, 0.6) is 0 Å². The van der Waals surface area contributed by atoms with E-state index < -0.39 is 0 Å². The highest BCUT2D eigenvalue weighted by atomic mass is 32.2. The summed E-state index contributed by atoms with van der Waals surface area (Å²) >= 11 is 1.37. The van der Waals surface area contributed by atoms with Gasteiger partial charge in [0.05, 0.1) is 11.8 Å². The second-order valence-electron chi connectivity index (χ2n) is 4.56. The Morgan fingerprint density at radius 2 is 2.45 bits per heavy atom. The molecular formula is C11H15N7OS. The highest BCUT2D eigenvalue weighted by molar-refractivity contribution is 7.99. The Kier molecular flexibility index (Phi) is 3.95. The number of hydrogen-bond acceptors (Lipinski definition) is 6. The summed E-state index contributed by atoms with van der Waals surface area (Å²) in [6.45, 7) is 0.570. The van der Waals surface area contributed by atoms with Crippen molar-refractivity contribution in [2.75, 3.05) is 12.3 Å². The van der Waals surface area contributed by atoms with E-state index in [1.165, 1.54) is 11.8 Å². The van der Waals surface area contributed by atoms with Crippen LogP contribution in [0.1, 0.15) is 24.7 Å². The third kappa shape index (κ3) is 3.35. The molecule has 0 spiro atoms. The number of tetrazole rings is 1. The Morgan fingerprint density at radius 3 is 3.20 bits per heavy atom. The number of nitrogens with zero attached hydrogens (tertiary/aromatic N) is 5. The maximum atomic E-state index is 11.7. The summed E-state index contributed by atoms with van der Waals surface area (Å²) in [5.74, 6) is 1.17. The van der Waals surface area contributed by atoms with Gasteiger partial charge in [0.2, 0.25) is 11.1 Å². The van der Waals surface area contributed by atoms with E-state index in [4.69, 9.17) is 0 Å². The first-order valence-electron chi connectivity index (χ1n) is 6.48. The lowest BCUT2D eigenvalue weighted by molar-refractivity contribution is -0.118. The second-order valence-corrected chi connectivity index (χ2v) is 5.50. The van der Waals surface area contributed by atoms with Crippen LogP contribution in [-0.4, -0.2) is 48.4 Å². The number of amides is 1. The van der Waals surface area contributed by atoms with Crippen LogP contribution in [0.2, 0.25) is 0 Å². The topological polar surface area (TPSA) is 101 Å². The van der Waals surface area contributed by atoms with Gasteiger partial charge in [-0.15, -0.1) is 5.10 Å². The van der Waals surface area contributed by atoms with E-state index in [9.17, 15) is 4.79 Å². The van der Waals surface area contributed by atoms with E-state index in [1.54, 1.807) is 17.1 Å². The maximum Gasteiger partial charge on any atom is 0.230 e. The molecule has 1 fully saturated rings. The SMILES string of the molecule is O=C(CSc1nnnn1C1CC1)NCCc1ncc[nH]1. The highest BCUT2D eigenvalue weighted by Crippen LogP contribution is 2.36. The molecule has 0 unspecified atom stereocenters. The maximum absolute atomic E-state index is 11.7. The van der Waals surface area contributed by atoms with Crippen molar-refractivity contribution in [3.63, 3.8) is 0 Å². The number of imidazole rings is 1. The number of H-pyrrole nitrogens is 1. The van der Waals surface area contributed by atoms with Crippen molar-refractivity contribution >= 4 is 17.7 Å². The molecule has 0 aliphatic heterocycles. The molecule has 1 aliphatic carbocycles. The van der Waals surface area contributed by atoms with Crippen molar-refractivity contribution in [1.82, 2.24) is 35.5 Å². The van der Waals surface area contributed by atoms with E-state index in [-0.39, 0.29) is 5.91 Å². The normalized spacial score (nSPS) is 14.4. The zero-order valence-electron chi connectivity index (χ0n) is 10.8. The molecule has 2 heterocycles. The van der Waals surface area contributed by atoms with Crippen molar-refractivity contribution in [2.45, 2.75) is 30.5 Å². The highest BCUT2D eigenvalue weighted by Gasteiger charge is 2.28. The first kappa shape index (κ1) is 13.1. The molecular weight excluding hydrogens is 278 g/mol. The van der Waals surface area contributed by atoms with Gasteiger partial charge in [0, 0.05) is 25.4 Å². The van der Waals surface area contributed by atoms with Crippen LogP contribution >= 0.6 is 11.8 Å². The van der Waals surface area contributed by atoms with Gasteiger partial charge >= 0.3 is 0 Å². The summed E-state index contributed by atoms with van der Waals surface area (Å²) in [5, 5.41) is 15.1. The quantitative estimate of drug-likeness (QED) is 0.706. The minimum atomic E-state index is -0.0214. The summed E-state index contributed by atoms with van der Waals surface area (Å²) in [6, 6.07) is 0.425. The minimum Gasteiger partial charge on any atom is -0.355 e. The average Bonchev–Trinajstić information content (AvgIpc) is 2.98. The Morgan fingerprint density at radius 1 is 1.55 bits per heavy atom. The third-order valence-corrected chi connectivity index (χ3v) is 3.86. The Hall–Kier alpha value is -1.90. The van der Waals surface area contributed by atoms with Gasteiger partial charge in [-0.3, -0.25) is 4.79 Å². The molecule has 8 nitrogen and oxygen atoms in total. The number of aromatic nitrogens is 6. The van der Waals surface area contributed by atoms with E-state index >= 15 is 0 Å². The van der Waals surface area contributed by atoms with Crippen LogP contribution in [0.25, 0.3) is 0 Å². The van der Waals surface area contributed by atoms with Gasteiger partial charge in [-0.2, -0.15) is 0 Å². The second kappa shape index (κ2) is 6.04. The molecule has 1 aliphatic rings. The predicted octanol–water partition coefficient (Wildman–Crippen LogP) is 0.182. The van der Waals surface area contributed by atoms with Crippen LogP contribution in [-0.2, 0) is 11.2 Å². The molecule has 2 aromatic rings. The Labute approximate surface area is 119 Å². The molecule has 106 valence electrons. The van der Waals surface area contributed by atoms with E-state index in [1.807, 2.05) is 0 Å². The lowest BCUT2D eigenvalue weighted by Crippen LogP contribution is -2.27. The minimum absolute atomic E-state index is 0.0214. The first-order chi connectivity index (χ1) is 9.83. The van der Waals surface area contributed by atoms with Crippen molar-refractivity contribution in [3.8, 4) is 0 Å². The fourth-order valence-electron chi connectivity index (χ4n) is 1.76. The van der Waals surface area contributed by atoms with Crippen LogP contribution in [0, 0.1) is 0 Å². The number of aromatic amines is 1. The fraction of sp³-hybridized carbons (Fsp3) is 0.545. The van der Waals surface area contributed by atoms with E-state index in [0.29, 0.717) is 29.9 Å². The standard InChI is InChI=1S/C11H15N7OS/c19-10(14-4-3-9-12-5-6-13-9)7-20-11-15-16-17-18(11)8-1-2-8/h5-6,8H,1-4,7H2,(H,12,13)(H,14,19). The molecule has 0 radical (unpaired) electrons. The summed E-state index contributed by atoms with van der Waals surface area (Å²) in [4.78, 5) is 18.8. The molecule has 3 rings (SSSR count). The molecule has 0 bridgehead atoms. The van der Waals surface area contributed by atoms with Gasteiger partial charge in [0.25, 0.3) is 0 Å². The summed E-state index contributed by atoms with van der Waals surface area (Å²) in [6.07, 6.45) is 6.40. The Balaban J connectivity index is 1.39. The molecule has 2 aromatic heterocycles. The molecule has 1 saturated carbocycles. The number of carbonyl (C=O) groups excluding carboxylic acids is 1. The number of rotatable bonds is 7. The predicted molar refractivity (Wildman–Crippen MR) is 72.1 cm³/mol. The summed E-state index contributed by atoms with van der Waals surface area (Å²) < 4.78 is 1.81. The number of hydrogen-bond donors (Lipinski definition) is 2. The van der Waals surface area contributed by atoms with E-state index in [0.717, 1.165) is 18.7 Å². The smallest absolute Gasteiger partial charge is 0.230 e. The fourth-order valence-corrected chi connectivity index (χ4v) is 2.54. The summed E-state index contributed by atoms with van der Waals surface area (Å²) in [7, 11) is 0. The zero-order valence-corrected chi connectivity index (χ0v) is 11.6. The Bertz CT molecular complexity index is 563. The summed E-state index contributed by atoms with van der Waals surface area (Å²) in [5.41, 5.74) is 0. The van der Waals surface area contributed by atoms with Crippen LogP contribution < -0.4 is 5.32 Å². The van der Waals surface area contributed by atoms with Crippen molar-refractivity contribution in [2.24, 2.45) is 0 Å². The van der Waals surface area contributed by atoms with Gasteiger partial charge in [0.15, 0.2) is 0 Å². The van der Waals surface area contributed by atoms with Gasteiger partial charge in [-0.1, -0.05) is 11.8 Å². The lowest BCUT2D eigenvalue weighted by atomic mass is 10.4. The van der Waals surface area contributed by atoms with Crippen LogP contribution in [0.3, 0.4) is 0 Å². The monoisotopic (exact) mass is 293 g/mol. The molecule has 0 atom stereocenters. The molecule has 0 aromatic carbocycles. The first-order valence-corrected chi connectivity index (χ1v) is 7.47. The molecule has 2 N–H and O–H groups in total. The van der Waals surface area contributed by atoms with Crippen molar-refractivity contribution in [1.29, 1.82) is 0 Å². The molecule has 1 amide bonds. The lowest BCUT2D eigenvalue weighted by Gasteiger charge is -2.04. The van der Waals surface area contributed by atoms with E-state index in [2.05, 4.69) is 30.8 Å². The average molecular weight is 293 g/mol. The molecule has 9 heteroatoms. The van der Waals surface area contributed by atoms with Gasteiger partial charge in [-0.25, -0.2) is 9.67 Å². The van der Waals surface area contributed by atoms with Gasteiger partial charge < -0.3 is 10.3 Å². The number of carbonyl (C=O) groups is 1. The third-order valence-electron chi connectivity index (χ3n) is 2.93.